The maximum absolute atomic E-state index is 10.5. The van der Waals surface area contributed by atoms with E-state index in [1.54, 1.807) is 79.3 Å². The minimum absolute atomic E-state index is 0.0774. The molecular weight excluding hydrogens is 1120 g/mol. The molecule has 6 aromatic heterocycles. The van der Waals surface area contributed by atoms with Crippen LogP contribution in [0.2, 0.25) is 5.15 Å². The summed E-state index contributed by atoms with van der Waals surface area (Å²) in [5.74, 6) is 2.70. The smallest absolute Gasteiger partial charge is 0.245 e. The Balaban J connectivity index is 0.000000142. The molecule has 3 fully saturated rings. The molecule has 0 aliphatic carbocycles. The van der Waals surface area contributed by atoms with E-state index in [2.05, 4.69) is 148 Å². The quantitative estimate of drug-likeness (QED) is 0.0399. The van der Waals surface area contributed by atoms with E-state index < -0.39 is 0 Å². The molecule has 3 aromatic carbocycles. The van der Waals surface area contributed by atoms with E-state index in [0.717, 1.165) is 103 Å². The fourth-order valence-corrected chi connectivity index (χ4v) is 11.0. The largest absolute Gasteiger partial charge is 0.507 e. The number of rotatable bonds is 13. The topological polar surface area (TPSA) is 306 Å². The zero-order valence-electron chi connectivity index (χ0n) is 48.7. The van der Waals surface area contributed by atoms with E-state index in [1.165, 1.54) is 6.33 Å². The van der Waals surface area contributed by atoms with Crippen molar-refractivity contribution >= 4 is 41.1 Å². The number of phenolic OH excluding ortho intramolecular Hbond substituents is 3. The van der Waals surface area contributed by atoms with Gasteiger partial charge in [0.25, 0.3) is 0 Å². The van der Waals surface area contributed by atoms with Crippen molar-refractivity contribution in [2.24, 2.45) is 0 Å². The van der Waals surface area contributed by atoms with Crippen molar-refractivity contribution < 1.29 is 15.3 Å². The molecule has 8 N–H and O–H groups in total. The Morgan fingerprint density at radius 3 is 1.62 bits per heavy atom. The molecule has 0 amide bonds. The van der Waals surface area contributed by atoms with Gasteiger partial charge in [0.15, 0.2) is 11.6 Å². The van der Waals surface area contributed by atoms with Crippen LogP contribution >= 0.6 is 23.4 Å². The number of anilines is 3. The molecule has 9 heterocycles. The van der Waals surface area contributed by atoms with Crippen molar-refractivity contribution in [2.45, 2.75) is 95.0 Å². The van der Waals surface area contributed by atoms with Crippen LogP contribution in [0.1, 0.15) is 60.8 Å². The lowest BCUT2D eigenvalue weighted by Crippen LogP contribution is -2.45. The van der Waals surface area contributed by atoms with Crippen molar-refractivity contribution in [1.29, 1.82) is 0 Å². The zero-order valence-corrected chi connectivity index (χ0v) is 50.3. The third kappa shape index (κ3) is 15.1. The number of aromatic hydroxyl groups is 3. The number of nitrogens with zero attached hydrogens (tertiary/aromatic N) is 16. The summed E-state index contributed by atoms with van der Waals surface area (Å²) in [6.45, 7) is 18.4. The van der Waals surface area contributed by atoms with Gasteiger partial charge in [0.05, 0.1) is 47.3 Å². The Kier molecular flexibility index (Phi) is 18.4. The molecule has 0 radical (unpaired) electrons. The Hall–Kier alpha value is -8.49. The zero-order chi connectivity index (χ0) is 59.8. The molecule has 3 unspecified atom stereocenters. The van der Waals surface area contributed by atoms with E-state index >= 15 is 0 Å². The molecule has 26 heteroatoms. The van der Waals surface area contributed by atoms with Crippen molar-refractivity contribution in [3.05, 3.63) is 109 Å². The molecule has 3 aliphatic heterocycles. The Morgan fingerprint density at radius 1 is 0.541 bits per heavy atom. The number of aromatic amines is 2. The number of aromatic nitrogens is 15. The summed E-state index contributed by atoms with van der Waals surface area (Å²) in [5, 5.41) is 82.2. The van der Waals surface area contributed by atoms with Crippen LogP contribution in [0, 0.1) is 0 Å². The average molecular weight is 1190 g/mol. The Labute approximate surface area is 502 Å². The molecule has 3 atom stereocenters. The van der Waals surface area contributed by atoms with Gasteiger partial charge in [-0.2, -0.15) is 10.2 Å². The standard InChI is InChI=1S/C20H24ClN7O.C20H25N7O.C19H21N7OS/c1-20(2,3)24-13-6-7-28(11-13)19-22-10-16(25-27-19)14-5-4-12(8-17(14)29)15-9-23-26-18(15)21;1-20(2,3)24-15-6-7-27(12-15)18-11-21-19(26-25-18)16-5-4-13(8-17(16)28)14-9-22-23-10-14;1-20-13-5-6-26(10-13)19-21-9-16(24-25-19)14-4-3-12(7-17(14)27)15-8-18(28-2)23-11-22-15/h4-5,8-10,13,24,29H,6-7,11H2,1-3H3,(H,23,26);4-5,8-11,15,24,28H,6-7,12H2,1-3H3,(H,22,23);3-4,7-9,11,13,20,27H,5-6,10H2,1-2H3. The SMILES string of the molecule is CC(C)(C)NC1CCN(c2cnc(-c3ccc(-c4cn[nH]c4)cc3O)nn2)C1.CC(C)(C)NC1CCN(c2ncc(-c3ccc(-c4cn[nH]c4Cl)cc3O)nn2)C1.CNC1CCN(c2ncc(-c3ccc(-c4cc(SC)ncn4)cc3O)nn2)C1. The summed E-state index contributed by atoms with van der Waals surface area (Å²) in [5.41, 5.74) is 7.75. The lowest BCUT2D eigenvalue weighted by molar-refractivity contribution is 0.372. The van der Waals surface area contributed by atoms with Gasteiger partial charge in [-0.1, -0.05) is 29.8 Å². The number of likely N-dealkylation sites (N-methyl/N-ethyl adjacent to an activating group) is 1. The van der Waals surface area contributed by atoms with Gasteiger partial charge in [-0.3, -0.25) is 10.2 Å². The van der Waals surface area contributed by atoms with Gasteiger partial charge < -0.3 is 46.0 Å². The van der Waals surface area contributed by atoms with Crippen LogP contribution in [0.15, 0.2) is 109 Å². The van der Waals surface area contributed by atoms with Gasteiger partial charge >= 0.3 is 0 Å². The van der Waals surface area contributed by atoms with Crippen molar-refractivity contribution in [3.8, 4) is 84.7 Å². The number of halogens is 1. The first-order valence-corrected chi connectivity index (χ1v) is 29.6. The second kappa shape index (κ2) is 26.2. The molecule has 442 valence electrons. The van der Waals surface area contributed by atoms with Crippen LogP contribution in [0.25, 0.3) is 67.4 Å². The van der Waals surface area contributed by atoms with Gasteiger partial charge in [-0.05, 0) is 128 Å². The van der Waals surface area contributed by atoms with Crippen molar-refractivity contribution in [1.82, 2.24) is 91.9 Å². The highest BCUT2D eigenvalue weighted by molar-refractivity contribution is 7.98. The van der Waals surface area contributed by atoms with Crippen LogP contribution < -0.4 is 30.7 Å². The molecule has 3 saturated heterocycles. The lowest BCUT2D eigenvalue weighted by Gasteiger charge is -2.26. The first kappa shape index (κ1) is 59.7. The first-order valence-electron chi connectivity index (χ1n) is 28.0. The normalized spacial score (nSPS) is 17.0. The highest BCUT2D eigenvalue weighted by Crippen LogP contribution is 2.36. The number of hydrogen-bond donors (Lipinski definition) is 8. The monoisotopic (exact) mass is 1190 g/mol. The van der Waals surface area contributed by atoms with E-state index in [-0.39, 0.29) is 28.3 Å². The highest BCUT2D eigenvalue weighted by atomic mass is 35.5. The second-order valence-corrected chi connectivity index (χ2v) is 24.2. The van der Waals surface area contributed by atoms with Crippen LogP contribution in [0.5, 0.6) is 17.2 Å². The average Bonchev–Trinajstić information content (AvgIpc) is 4.03. The highest BCUT2D eigenvalue weighted by Gasteiger charge is 2.30. The van der Waals surface area contributed by atoms with Crippen LogP contribution in [0.4, 0.5) is 17.7 Å². The molecule has 0 bridgehead atoms. The summed E-state index contributed by atoms with van der Waals surface area (Å²) in [7, 11) is 1.96. The molecule has 3 aliphatic rings. The Bertz CT molecular complexity index is 3660. The van der Waals surface area contributed by atoms with Crippen LogP contribution in [0.3, 0.4) is 0 Å². The van der Waals surface area contributed by atoms with E-state index in [1.807, 2.05) is 43.6 Å². The van der Waals surface area contributed by atoms with E-state index in [9.17, 15) is 15.3 Å². The van der Waals surface area contributed by atoms with Gasteiger partial charge in [-0.25, -0.2) is 24.9 Å². The number of thioether (sulfide) groups is 1. The number of nitrogens with one attached hydrogen (secondary N) is 5. The summed E-state index contributed by atoms with van der Waals surface area (Å²) in [6.07, 6.45) is 16.8. The summed E-state index contributed by atoms with van der Waals surface area (Å²) >= 11 is 7.61. The Morgan fingerprint density at radius 2 is 1.11 bits per heavy atom. The van der Waals surface area contributed by atoms with Gasteiger partial charge in [-0.15, -0.1) is 42.4 Å². The minimum Gasteiger partial charge on any atom is -0.507 e. The number of H-pyrrole nitrogens is 2. The fraction of sp³-hybridized carbons (Fsp3) is 0.373. The van der Waals surface area contributed by atoms with Gasteiger partial charge in [0, 0.05) is 102 Å². The number of phenols is 3. The first-order chi connectivity index (χ1) is 40.9. The number of hydrogen-bond acceptors (Lipinski definition) is 23. The van der Waals surface area contributed by atoms with Gasteiger partial charge in [0.1, 0.15) is 40.1 Å². The second-order valence-electron chi connectivity index (χ2n) is 23.0. The maximum atomic E-state index is 10.5. The minimum atomic E-state index is 0.0774. The molecule has 12 rings (SSSR count). The van der Waals surface area contributed by atoms with E-state index in [0.29, 0.717) is 69.1 Å². The maximum Gasteiger partial charge on any atom is 0.245 e. The van der Waals surface area contributed by atoms with Crippen molar-refractivity contribution in [3.63, 3.8) is 0 Å². The summed E-state index contributed by atoms with van der Waals surface area (Å²) < 4.78 is 0. The van der Waals surface area contributed by atoms with E-state index in [4.69, 9.17) is 11.6 Å². The summed E-state index contributed by atoms with van der Waals surface area (Å²) in [6, 6.07) is 19.2. The van der Waals surface area contributed by atoms with Crippen molar-refractivity contribution in [2.75, 3.05) is 67.3 Å². The molecule has 0 spiro atoms. The predicted octanol–water partition coefficient (Wildman–Crippen LogP) is 8.08. The lowest BCUT2D eigenvalue weighted by atomic mass is 10.0. The van der Waals surface area contributed by atoms with Crippen LogP contribution in [-0.4, -0.2) is 173 Å². The third-order valence-electron chi connectivity index (χ3n) is 14.5. The predicted molar refractivity (Wildman–Crippen MR) is 330 cm³/mol. The fourth-order valence-electron chi connectivity index (χ4n) is 10.4. The molecule has 85 heavy (non-hydrogen) atoms. The van der Waals surface area contributed by atoms with Crippen LogP contribution in [-0.2, 0) is 0 Å². The third-order valence-corrected chi connectivity index (χ3v) is 15.4. The number of benzene rings is 3. The molecule has 24 nitrogen and oxygen atoms in total. The molecular formula is C59H70ClN21O3S. The molecule has 9 aromatic rings. The summed E-state index contributed by atoms with van der Waals surface area (Å²) in [4.78, 5) is 28.2. The van der Waals surface area contributed by atoms with Gasteiger partial charge in [0.2, 0.25) is 11.9 Å². The molecule has 0 saturated carbocycles.